The summed E-state index contributed by atoms with van der Waals surface area (Å²) in [6.07, 6.45) is 2.60. The highest BCUT2D eigenvalue weighted by molar-refractivity contribution is 7.89. The third-order valence-electron chi connectivity index (χ3n) is 2.93. The van der Waals surface area contributed by atoms with Crippen LogP contribution >= 0.6 is 0 Å². The Kier molecular flexibility index (Phi) is 5.68. The third-order valence-corrected chi connectivity index (χ3v) is 4.36. The van der Waals surface area contributed by atoms with Crippen molar-refractivity contribution in [2.24, 2.45) is 11.7 Å². The van der Waals surface area contributed by atoms with Gasteiger partial charge in [-0.3, -0.25) is 0 Å². The molecule has 0 bridgehead atoms. The molecule has 0 aromatic carbocycles. The van der Waals surface area contributed by atoms with Crippen LogP contribution in [-0.4, -0.2) is 40.0 Å². The fourth-order valence-electron chi connectivity index (χ4n) is 1.96. The van der Waals surface area contributed by atoms with Crippen molar-refractivity contribution < 1.29 is 13.2 Å². The Labute approximate surface area is 97.8 Å². The zero-order valence-electron chi connectivity index (χ0n) is 9.81. The van der Waals surface area contributed by atoms with Gasteiger partial charge in [-0.05, 0) is 25.8 Å². The molecule has 1 saturated heterocycles. The molecule has 16 heavy (non-hydrogen) atoms. The molecule has 0 aromatic heterocycles. The van der Waals surface area contributed by atoms with Gasteiger partial charge >= 0.3 is 0 Å². The van der Waals surface area contributed by atoms with Crippen LogP contribution in [0.15, 0.2) is 0 Å². The van der Waals surface area contributed by atoms with E-state index in [4.69, 9.17) is 10.5 Å². The Hall–Kier alpha value is -0.170. The highest BCUT2D eigenvalue weighted by Gasteiger charge is 2.27. The van der Waals surface area contributed by atoms with Gasteiger partial charge in [0, 0.05) is 19.1 Å². The number of hydrogen-bond donors (Lipinski definition) is 2. The van der Waals surface area contributed by atoms with Crippen molar-refractivity contribution in [3.63, 3.8) is 0 Å². The first-order valence-corrected chi connectivity index (χ1v) is 7.53. The van der Waals surface area contributed by atoms with Gasteiger partial charge in [0.25, 0.3) is 0 Å². The summed E-state index contributed by atoms with van der Waals surface area (Å²) >= 11 is 0. The summed E-state index contributed by atoms with van der Waals surface area (Å²) in [6.45, 7) is 3.70. The molecule has 3 N–H and O–H groups in total. The van der Waals surface area contributed by atoms with E-state index in [1.54, 1.807) is 0 Å². The Bertz CT molecular complexity index is 292. The van der Waals surface area contributed by atoms with E-state index in [-0.39, 0.29) is 11.9 Å². The largest absolute Gasteiger partial charge is 0.378 e. The van der Waals surface area contributed by atoms with Crippen molar-refractivity contribution in [2.75, 3.05) is 25.4 Å². The Balaban J connectivity index is 2.33. The number of nitrogens with one attached hydrogen (secondary N) is 1. The molecule has 1 fully saturated rings. The fourth-order valence-corrected chi connectivity index (χ4v) is 3.12. The maximum absolute atomic E-state index is 11.5. The molecule has 5 nitrogen and oxygen atoms in total. The highest BCUT2D eigenvalue weighted by atomic mass is 32.2. The summed E-state index contributed by atoms with van der Waals surface area (Å²) in [5, 5.41) is 0. The molecule has 6 heteroatoms. The van der Waals surface area contributed by atoms with Gasteiger partial charge in [0.2, 0.25) is 10.0 Å². The van der Waals surface area contributed by atoms with E-state index in [1.165, 1.54) is 0 Å². The number of nitrogens with two attached hydrogens (primary N) is 1. The molecule has 0 aliphatic carbocycles. The second kappa shape index (κ2) is 6.54. The van der Waals surface area contributed by atoms with E-state index in [9.17, 15) is 8.42 Å². The van der Waals surface area contributed by atoms with E-state index < -0.39 is 10.0 Å². The van der Waals surface area contributed by atoms with Crippen LogP contribution in [0.2, 0.25) is 0 Å². The summed E-state index contributed by atoms with van der Waals surface area (Å²) in [6, 6.07) is 0. The van der Waals surface area contributed by atoms with Gasteiger partial charge in [-0.2, -0.15) is 0 Å². The second-order valence-electron chi connectivity index (χ2n) is 4.18. The summed E-state index contributed by atoms with van der Waals surface area (Å²) in [5.74, 6) is 0.436. The standard InChI is InChI=1S/C10H22N2O3S/c1-2-10-9(4-6-15-10)8-12-16(13,14)7-3-5-11/h9-10,12H,2-8,11H2,1H3. The van der Waals surface area contributed by atoms with Crippen LogP contribution in [0.5, 0.6) is 0 Å². The maximum Gasteiger partial charge on any atom is 0.211 e. The fraction of sp³-hybridized carbons (Fsp3) is 1.00. The van der Waals surface area contributed by atoms with Crippen molar-refractivity contribution in [1.82, 2.24) is 4.72 Å². The lowest BCUT2D eigenvalue weighted by atomic mass is 10.0. The van der Waals surface area contributed by atoms with Crippen LogP contribution in [0.1, 0.15) is 26.2 Å². The van der Waals surface area contributed by atoms with Crippen LogP contribution in [0.25, 0.3) is 0 Å². The molecule has 0 aromatic rings. The average molecular weight is 250 g/mol. The zero-order valence-corrected chi connectivity index (χ0v) is 10.6. The van der Waals surface area contributed by atoms with E-state index in [1.807, 2.05) is 0 Å². The topological polar surface area (TPSA) is 81.4 Å². The molecule has 96 valence electrons. The van der Waals surface area contributed by atoms with E-state index in [0.29, 0.717) is 25.4 Å². The van der Waals surface area contributed by atoms with Crippen LogP contribution < -0.4 is 10.5 Å². The van der Waals surface area contributed by atoms with Crippen LogP contribution in [0, 0.1) is 5.92 Å². The van der Waals surface area contributed by atoms with E-state index in [0.717, 1.165) is 19.4 Å². The highest BCUT2D eigenvalue weighted by Crippen LogP contribution is 2.22. The van der Waals surface area contributed by atoms with Crippen LogP contribution in [0.3, 0.4) is 0 Å². The summed E-state index contributed by atoms with van der Waals surface area (Å²) in [4.78, 5) is 0. The van der Waals surface area contributed by atoms with E-state index >= 15 is 0 Å². The summed E-state index contributed by atoms with van der Waals surface area (Å²) in [7, 11) is -3.15. The van der Waals surface area contributed by atoms with Crippen molar-refractivity contribution in [2.45, 2.75) is 32.3 Å². The summed E-state index contributed by atoms with van der Waals surface area (Å²) in [5.41, 5.74) is 5.29. The lowest BCUT2D eigenvalue weighted by Gasteiger charge is -2.17. The first-order chi connectivity index (χ1) is 7.59. The van der Waals surface area contributed by atoms with Gasteiger partial charge in [-0.1, -0.05) is 6.92 Å². The average Bonchev–Trinajstić information content (AvgIpc) is 2.71. The molecule has 1 rings (SSSR count). The van der Waals surface area contributed by atoms with Crippen molar-refractivity contribution >= 4 is 10.0 Å². The predicted octanol–water partition coefficient (Wildman–Crippen LogP) is 0.0697. The molecule has 0 amide bonds. The smallest absolute Gasteiger partial charge is 0.211 e. The van der Waals surface area contributed by atoms with Gasteiger partial charge in [-0.25, -0.2) is 13.1 Å². The van der Waals surface area contributed by atoms with Gasteiger partial charge < -0.3 is 10.5 Å². The quantitative estimate of drug-likeness (QED) is 0.670. The molecule has 0 saturated carbocycles. The lowest BCUT2D eigenvalue weighted by Crippen LogP contribution is -2.34. The Morgan fingerprint density at radius 1 is 1.50 bits per heavy atom. The number of ether oxygens (including phenoxy) is 1. The minimum Gasteiger partial charge on any atom is -0.378 e. The van der Waals surface area contributed by atoms with Crippen LogP contribution in [-0.2, 0) is 14.8 Å². The van der Waals surface area contributed by atoms with Crippen LogP contribution in [0.4, 0.5) is 0 Å². The van der Waals surface area contributed by atoms with Gasteiger partial charge in [-0.15, -0.1) is 0 Å². The first kappa shape index (κ1) is 13.9. The molecular formula is C10H22N2O3S. The molecule has 2 unspecified atom stereocenters. The SMILES string of the molecule is CCC1OCCC1CNS(=O)(=O)CCCN. The minimum absolute atomic E-state index is 0.119. The van der Waals surface area contributed by atoms with Crippen molar-refractivity contribution in [1.29, 1.82) is 0 Å². The number of rotatable bonds is 7. The maximum atomic E-state index is 11.5. The summed E-state index contributed by atoms with van der Waals surface area (Å²) < 4.78 is 31.2. The molecule has 0 radical (unpaired) electrons. The minimum atomic E-state index is -3.15. The second-order valence-corrected chi connectivity index (χ2v) is 6.10. The van der Waals surface area contributed by atoms with Gasteiger partial charge in [0.1, 0.15) is 0 Å². The molecular weight excluding hydrogens is 228 g/mol. The van der Waals surface area contributed by atoms with Gasteiger partial charge in [0.15, 0.2) is 0 Å². The monoisotopic (exact) mass is 250 g/mol. The molecule has 0 spiro atoms. The Morgan fingerprint density at radius 3 is 2.88 bits per heavy atom. The Morgan fingerprint density at radius 2 is 2.25 bits per heavy atom. The number of hydrogen-bond acceptors (Lipinski definition) is 4. The predicted molar refractivity (Wildman–Crippen MR) is 63.6 cm³/mol. The van der Waals surface area contributed by atoms with Crippen molar-refractivity contribution in [3.8, 4) is 0 Å². The molecule has 1 aliphatic rings. The van der Waals surface area contributed by atoms with E-state index in [2.05, 4.69) is 11.6 Å². The normalized spacial score (nSPS) is 26.1. The first-order valence-electron chi connectivity index (χ1n) is 5.88. The lowest BCUT2D eigenvalue weighted by molar-refractivity contribution is 0.0884. The van der Waals surface area contributed by atoms with Crippen molar-refractivity contribution in [3.05, 3.63) is 0 Å². The van der Waals surface area contributed by atoms with Gasteiger partial charge in [0.05, 0.1) is 11.9 Å². The number of sulfonamides is 1. The third kappa shape index (κ3) is 4.37. The zero-order chi connectivity index (χ0) is 12.0. The molecule has 2 atom stereocenters. The molecule has 1 aliphatic heterocycles. The molecule has 1 heterocycles.